The van der Waals surface area contributed by atoms with Gasteiger partial charge in [0.15, 0.2) is 0 Å². The van der Waals surface area contributed by atoms with Gasteiger partial charge in [0.25, 0.3) is 5.91 Å². The monoisotopic (exact) mass is 529 g/mol. The van der Waals surface area contributed by atoms with Crippen molar-refractivity contribution in [1.29, 1.82) is 0 Å². The molecule has 204 valence electrons. The highest BCUT2D eigenvalue weighted by atomic mass is 16.5. The van der Waals surface area contributed by atoms with Crippen LogP contribution in [0, 0.1) is 5.92 Å². The number of nitrogens with zero attached hydrogens (tertiary/aromatic N) is 4. The lowest BCUT2D eigenvalue weighted by Gasteiger charge is -2.39. The molecule has 9 nitrogen and oxygen atoms in total. The van der Waals surface area contributed by atoms with E-state index in [2.05, 4.69) is 10.3 Å². The number of anilines is 3. The van der Waals surface area contributed by atoms with Gasteiger partial charge in [-0.05, 0) is 81.3 Å². The molecule has 2 aliphatic carbocycles. The van der Waals surface area contributed by atoms with Gasteiger partial charge in [-0.25, -0.2) is 14.7 Å². The molecule has 4 fully saturated rings. The van der Waals surface area contributed by atoms with E-state index in [1.807, 2.05) is 35.2 Å². The van der Waals surface area contributed by atoms with Gasteiger partial charge in [0, 0.05) is 42.9 Å². The van der Waals surface area contributed by atoms with E-state index in [1.165, 1.54) is 16.9 Å². The molecule has 7 rings (SSSR count). The molecule has 5 aliphatic rings. The Bertz CT molecular complexity index is 1360. The molecule has 39 heavy (non-hydrogen) atoms. The molecule has 9 heteroatoms. The average Bonchev–Trinajstić information content (AvgIpc) is 3.47. The third-order valence-electron chi connectivity index (χ3n) is 9.34. The maximum atomic E-state index is 13.8. The summed E-state index contributed by atoms with van der Waals surface area (Å²) in [4.78, 5) is 50.0. The van der Waals surface area contributed by atoms with Gasteiger partial charge in [-0.15, -0.1) is 0 Å². The summed E-state index contributed by atoms with van der Waals surface area (Å²) in [6.07, 6.45) is 7.87. The number of aromatic nitrogens is 1. The number of nitrogens with one attached hydrogen (secondary N) is 1. The van der Waals surface area contributed by atoms with Crippen molar-refractivity contribution in [2.45, 2.75) is 75.9 Å². The van der Waals surface area contributed by atoms with Gasteiger partial charge < -0.3 is 19.9 Å². The van der Waals surface area contributed by atoms with Crippen LogP contribution in [-0.4, -0.2) is 59.1 Å². The number of carbonyl (C=O) groups excluding carboxylic acids is 3. The van der Waals surface area contributed by atoms with Crippen molar-refractivity contribution in [3.63, 3.8) is 0 Å². The average molecular weight is 530 g/mol. The fourth-order valence-electron chi connectivity index (χ4n) is 6.60. The summed E-state index contributed by atoms with van der Waals surface area (Å²) in [5.74, 6) is 0.769. The molecule has 1 aromatic carbocycles. The zero-order valence-electron chi connectivity index (χ0n) is 22.6. The molecule has 1 aromatic heterocycles. The highest BCUT2D eigenvalue weighted by Gasteiger charge is 2.54. The van der Waals surface area contributed by atoms with E-state index in [4.69, 9.17) is 4.74 Å². The molecule has 0 unspecified atom stereocenters. The molecule has 1 atom stereocenters. The number of carbonyl (C=O) groups is 3. The standard InChI is InChI=1S/C30H35N5O4/c1-29(2)27(37)35(28(38)34(29)16-19-8-12-31-25(14-19)32-21-9-13-39-17-21)22-6-7-23-24(15-22)33(26(36)20-4-5-20)18-30(23)10-3-11-30/h6-8,12,14-15,20-21H,3-5,9-11,13,16-18H2,1-2H3,(H,31,32)/t21-/m0/s1. The summed E-state index contributed by atoms with van der Waals surface area (Å²) in [5, 5.41) is 3.40. The number of hydrogen-bond acceptors (Lipinski definition) is 6. The molecule has 4 heterocycles. The highest BCUT2D eigenvalue weighted by Crippen LogP contribution is 2.54. The van der Waals surface area contributed by atoms with Crippen molar-refractivity contribution in [1.82, 2.24) is 9.88 Å². The number of pyridine rings is 1. The van der Waals surface area contributed by atoms with Crippen molar-refractivity contribution in [2.75, 3.05) is 34.9 Å². The van der Waals surface area contributed by atoms with Gasteiger partial charge in [-0.2, -0.15) is 0 Å². The molecule has 3 aliphatic heterocycles. The molecule has 1 spiro atoms. The third-order valence-corrected chi connectivity index (χ3v) is 9.34. The smallest absolute Gasteiger partial charge is 0.332 e. The second-order valence-corrected chi connectivity index (χ2v) is 12.4. The summed E-state index contributed by atoms with van der Waals surface area (Å²) < 4.78 is 5.45. The number of hydrogen-bond donors (Lipinski definition) is 1. The maximum absolute atomic E-state index is 13.8. The number of amides is 4. The van der Waals surface area contributed by atoms with Crippen LogP contribution < -0.4 is 15.1 Å². The predicted molar refractivity (Wildman–Crippen MR) is 147 cm³/mol. The summed E-state index contributed by atoms with van der Waals surface area (Å²) >= 11 is 0. The van der Waals surface area contributed by atoms with E-state index in [0.29, 0.717) is 18.8 Å². The molecule has 2 saturated carbocycles. The SMILES string of the molecule is CC1(C)C(=O)N(c2ccc3c(c2)N(C(=O)C2CC2)CC32CCC2)C(=O)N1Cc1ccnc(N[C@H]2CCOC2)c1. The number of rotatable bonds is 6. The lowest BCUT2D eigenvalue weighted by molar-refractivity contribution is -0.123. The Morgan fingerprint density at radius 1 is 1.13 bits per heavy atom. The van der Waals surface area contributed by atoms with Crippen LogP contribution in [0.15, 0.2) is 36.5 Å². The predicted octanol–water partition coefficient (Wildman–Crippen LogP) is 4.21. The van der Waals surface area contributed by atoms with Gasteiger partial charge in [-0.1, -0.05) is 12.5 Å². The third kappa shape index (κ3) is 3.92. The molecule has 2 saturated heterocycles. The molecular weight excluding hydrogens is 494 g/mol. The van der Waals surface area contributed by atoms with Crippen molar-refractivity contribution >= 4 is 35.0 Å². The van der Waals surface area contributed by atoms with Crippen molar-refractivity contribution in [3.8, 4) is 0 Å². The summed E-state index contributed by atoms with van der Waals surface area (Å²) in [7, 11) is 0. The number of fused-ring (bicyclic) bond motifs is 2. The van der Waals surface area contributed by atoms with Crippen LogP contribution in [0.4, 0.5) is 22.0 Å². The topological polar surface area (TPSA) is 95.1 Å². The molecule has 2 aromatic rings. The van der Waals surface area contributed by atoms with Crippen LogP contribution >= 0.6 is 0 Å². The van der Waals surface area contributed by atoms with Crippen molar-refractivity contribution in [3.05, 3.63) is 47.7 Å². The van der Waals surface area contributed by atoms with Gasteiger partial charge in [0.2, 0.25) is 5.91 Å². The van der Waals surface area contributed by atoms with E-state index >= 15 is 0 Å². The lowest BCUT2D eigenvalue weighted by atomic mass is 9.66. The zero-order chi connectivity index (χ0) is 26.9. The van der Waals surface area contributed by atoms with E-state index in [0.717, 1.165) is 55.8 Å². The molecule has 0 radical (unpaired) electrons. The fourth-order valence-corrected chi connectivity index (χ4v) is 6.60. The van der Waals surface area contributed by atoms with Crippen molar-refractivity contribution in [2.24, 2.45) is 5.92 Å². The van der Waals surface area contributed by atoms with Crippen LogP contribution in [0.25, 0.3) is 0 Å². The van der Waals surface area contributed by atoms with E-state index in [-0.39, 0.29) is 41.8 Å². The second kappa shape index (κ2) is 8.78. The van der Waals surface area contributed by atoms with Gasteiger partial charge in [0.05, 0.1) is 18.3 Å². The number of ether oxygens (including phenoxy) is 1. The molecule has 1 N–H and O–H groups in total. The maximum Gasteiger partial charge on any atom is 0.332 e. The molecule has 0 bridgehead atoms. The summed E-state index contributed by atoms with van der Waals surface area (Å²) in [6, 6.07) is 9.52. The van der Waals surface area contributed by atoms with Gasteiger partial charge in [0.1, 0.15) is 11.4 Å². The Hall–Kier alpha value is -3.46. The first-order valence-electron chi connectivity index (χ1n) is 14.2. The zero-order valence-corrected chi connectivity index (χ0v) is 22.6. The fraction of sp³-hybridized carbons (Fsp3) is 0.533. The second-order valence-electron chi connectivity index (χ2n) is 12.4. The largest absolute Gasteiger partial charge is 0.379 e. The van der Waals surface area contributed by atoms with E-state index in [1.54, 1.807) is 24.9 Å². The minimum absolute atomic E-state index is 0.0282. The van der Waals surface area contributed by atoms with E-state index < -0.39 is 5.54 Å². The quantitative estimate of drug-likeness (QED) is 0.564. The first-order valence-corrected chi connectivity index (χ1v) is 14.2. The van der Waals surface area contributed by atoms with E-state index in [9.17, 15) is 14.4 Å². The lowest BCUT2D eigenvalue weighted by Crippen LogP contribution is -2.43. The molecule has 4 amide bonds. The van der Waals surface area contributed by atoms with Gasteiger partial charge in [-0.3, -0.25) is 9.59 Å². The Kier molecular flexibility index (Phi) is 5.53. The normalized spacial score (nSPS) is 24.9. The minimum atomic E-state index is -1.02. The first kappa shape index (κ1) is 24.6. The van der Waals surface area contributed by atoms with Crippen LogP contribution in [0.3, 0.4) is 0 Å². The number of urea groups is 1. The number of imide groups is 1. The van der Waals surface area contributed by atoms with Crippen LogP contribution in [0.5, 0.6) is 0 Å². The minimum Gasteiger partial charge on any atom is -0.379 e. The highest BCUT2D eigenvalue weighted by molar-refractivity contribution is 6.23. The Balaban J connectivity index is 1.17. The summed E-state index contributed by atoms with van der Waals surface area (Å²) in [5.41, 5.74) is 2.49. The van der Waals surface area contributed by atoms with Gasteiger partial charge >= 0.3 is 6.03 Å². The Morgan fingerprint density at radius 2 is 1.95 bits per heavy atom. The number of benzene rings is 1. The summed E-state index contributed by atoms with van der Waals surface area (Å²) in [6.45, 7) is 5.98. The van der Waals surface area contributed by atoms with Crippen LogP contribution in [-0.2, 0) is 26.3 Å². The molecular formula is C30H35N5O4. The van der Waals surface area contributed by atoms with Crippen LogP contribution in [0.2, 0.25) is 0 Å². The Morgan fingerprint density at radius 3 is 2.64 bits per heavy atom. The Labute approximate surface area is 228 Å². The first-order chi connectivity index (χ1) is 18.8. The van der Waals surface area contributed by atoms with Crippen LogP contribution in [0.1, 0.15) is 63.5 Å². The van der Waals surface area contributed by atoms with Crippen molar-refractivity contribution < 1.29 is 19.1 Å².